The van der Waals surface area contributed by atoms with Gasteiger partial charge in [-0.25, -0.2) is 26.9 Å². The van der Waals surface area contributed by atoms with Gasteiger partial charge in [0.15, 0.2) is 33.1 Å². The molecule has 1 aliphatic rings. The third-order valence-corrected chi connectivity index (χ3v) is 11.4. The van der Waals surface area contributed by atoms with Crippen LogP contribution in [0.5, 0.6) is 11.5 Å². The molecule has 0 saturated carbocycles. The molecule has 50 heavy (non-hydrogen) atoms. The molecule has 1 unspecified atom stereocenters. The Morgan fingerprint density at radius 2 is 1.92 bits per heavy atom. The highest BCUT2D eigenvalue weighted by atomic mass is 32.2. The lowest BCUT2D eigenvalue weighted by Gasteiger charge is -2.29. The lowest BCUT2D eigenvalue weighted by Crippen LogP contribution is -2.30. The van der Waals surface area contributed by atoms with Gasteiger partial charge in [0, 0.05) is 42.2 Å². The summed E-state index contributed by atoms with van der Waals surface area (Å²) in [7, 11) is -2.08. The van der Waals surface area contributed by atoms with Crippen molar-refractivity contribution in [1.82, 2.24) is 19.7 Å². The molecule has 2 N–H and O–H groups in total. The number of hydrogen-bond acceptors (Lipinski definition) is 7. The Bertz CT molecular complexity index is 2260. The Balaban J connectivity index is 1.52. The number of carboxylic acid groups (broad SMARTS) is 1. The van der Waals surface area contributed by atoms with E-state index in [1.54, 1.807) is 43.6 Å². The van der Waals surface area contributed by atoms with Gasteiger partial charge in [0.25, 0.3) is 0 Å². The van der Waals surface area contributed by atoms with Crippen LogP contribution in [0.25, 0.3) is 22.3 Å². The number of nitriles is 1. The molecule has 13 heteroatoms. The smallest absolute Gasteiger partial charge is 0.303 e. The van der Waals surface area contributed by atoms with Crippen molar-refractivity contribution in [2.45, 2.75) is 57.8 Å². The van der Waals surface area contributed by atoms with Gasteiger partial charge in [-0.1, -0.05) is 44.5 Å². The number of carbonyl (C=O) groups is 1. The van der Waals surface area contributed by atoms with Crippen LogP contribution in [0.15, 0.2) is 60.8 Å². The molecule has 1 atom stereocenters. The molecule has 0 amide bonds. The minimum Gasteiger partial charge on any atom is -0.481 e. The van der Waals surface area contributed by atoms with Crippen LogP contribution in [0, 0.1) is 28.4 Å². The number of H-pyrrole nitrogens is 1. The van der Waals surface area contributed by atoms with E-state index < -0.39 is 38.3 Å². The summed E-state index contributed by atoms with van der Waals surface area (Å²) in [5.74, 6) is -2.56. The summed E-state index contributed by atoms with van der Waals surface area (Å²) in [5, 5.41) is 25.4. The first-order chi connectivity index (χ1) is 23.7. The molecule has 2 aromatic heterocycles. The van der Waals surface area contributed by atoms with Crippen LogP contribution in [0.3, 0.4) is 0 Å². The fourth-order valence-electron chi connectivity index (χ4n) is 6.87. The average Bonchev–Trinajstić information content (AvgIpc) is 3.68. The molecule has 6 rings (SSSR count). The van der Waals surface area contributed by atoms with E-state index in [0.29, 0.717) is 40.4 Å². The Kier molecular flexibility index (Phi) is 9.26. The molecular weight excluding hydrogens is 665 g/mol. The molecule has 4 bridgehead atoms. The molecule has 0 spiro atoms. The zero-order valence-electron chi connectivity index (χ0n) is 28.0. The van der Waals surface area contributed by atoms with Crippen LogP contribution >= 0.6 is 0 Å². The monoisotopic (exact) mass is 701 g/mol. The Morgan fingerprint density at radius 1 is 1.12 bits per heavy atom. The summed E-state index contributed by atoms with van der Waals surface area (Å²) >= 11 is 0. The Morgan fingerprint density at radius 3 is 2.68 bits per heavy atom. The first-order valence-corrected chi connectivity index (χ1v) is 18.1. The number of aromatic nitrogens is 4. The number of aromatic amines is 1. The van der Waals surface area contributed by atoms with Gasteiger partial charge in [-0.3, -0.25) is 4.79 Å². The van der Waals surface area contributed by atoms with E-state index in [2.05, 4.69) is 16.2 Å². The molecule has 0 saturated heterocycles. The van der Waals surface area contributed by atoms with Gasteiger partial charge in [0.1, 0.15) is 17.0 Å². The van der Waals surface area contributed by atoms with Crippen LogP contribution in [0.2, 0.25) is 0 Å². The lowest BCUT2D eigenvalue weighted by atomic mass is 9.74. The second kappa shape index (κ2) is 13.3. The van der Waals surface area contributed by atoms with Crippen molar-refractivity contribution >= 4 is 26.7 Å². The minimum absolute atomic E-state index is 0.000284. The maximum absolute atomic E-state index is 15.7. The molecule has 1 aliphatic heterocycles. The number of sulfone groups is 1. The summed E-state index contributed by atoms with van der Waals surface area (Å²) in [6, 6.07) is 16.4. The predicted octanol–water partition coefficient (Wildman–Crippen LogP) is 7.03. The topological polar surface area (TPSA) is 151 Å². The predicted molar refractivity (Wildman–Crippen MR) is 184 cm³/mol. The molecule has 0 fully saturated rings. The SMILES string of the molecule is Cn1nc2nc1-c1cc(ccc1F)Oc1c(F)cc3[nH]ccc3c1CCS(=O)(=O)CC(C)(C)CCCC2(C#N)c1cccc(CCC(=O)O)c1. The van der Waals surface area contributed by atoms with Crippen molar-refractivity contribution < 1.29 is 31.8 Å². The zero-order chi connectivity index (χ0) is 35.8. The number of carboxylic acids is 1. The Labute approximate surface area is 288 Å². The van der Waals surface area contributed by atoms with E-state index in [-0.39, 0.29) is 65.9 Å². The molecule has 10 nitrogen and oxygen atoms in total. The number of hydrogen-bond donors (Lipinski definition) is 2. The van der Waals surface area contributed by atoms with Crippen molar-refractivity contribution in [2.75, 3.05) is 11.5 Å². The molecule has 0 aliphatic carbocycles. The number of nitrogens with zero attached hydrogens (tertiary/aromatic N) is 4. The summed E-state index contributed by atoms with van der Waals surface area (Å²) < 4.78 is 65.9. The van der Waals surface area contributed by atoms with Gasteiger partial charge in [-0.15, -0.1) is 0 Å². The van der Waals surface area contributed by atoms with Crippen LogP contribution in [0.1, 0.15) is 62.0 Å². The van der Waals surface area contributed by atoms with Crippen molar-refractivity contribution in [2.24, 2.45) is 12.5 Å². The van der Waals surface area contributed by atoms with E-state index in [1.807, 2.05) is 13.8 Å². The third kappa shape index (κ3) is 6.98. The van der Waals surface area contributed by atoms with E-state index in [0.717, 1.165) is 0 Å². The molecule has 0 radical (unpaired) electrons. The van der Waals surface area contributed by atoms with Crippen LogP contribution in [-0.4, -0.2) is 50.7 Å². The van der Waals surface area contributed by atoms with Crippen LogP contribution < -0.4 is 4.74 Å². The van der Waals surface area contributed by atoms with Crippen molar-refractivity contribution in [3.05, 3.63) is 94.9 Å². The number of fused-ring (bicyclic) bond motifs is 8. The number of nitrogens with one attached hydrogen (secondary N) is 1. The second-order valence-corrected chi connectivity index (χ2v) is 15.9. The Hall–Kier alpha value is -5.09. The maximum Gasteiger partial charge on any atom is 0.303 e. The first kappa shape index (κ1) is 34.8. The fraction of sp³-hybridized carbons (Fsp3) is 0.351. The van der Waals surface area contributed by atoms with Crippen molar-refractivity contribution in [3.8, 4) is 29.0 Å². The normalized spacial score (nSPS) is 19.0. The molecule has 3 aromatic carbocycles. The molecule has 3 heterocycles. The number of aliphatic carboxylic acids is 1. The van der Waals surface area contributed by atoms with Gasteiger partial charge < -0.3 is 14.8 Å². The summed E-state index contributed by atoms with van der Waals surface area (Å²) in [5.41, 5.74) is -0.0141. The van der Waals surface area contributed by atoms with Gasteiger partial charge >= 0.3 is 5.97 Å². The van der Waals surface area contributed by atoms with E-state index >= 15 is 8.78 Å². The van der Waals surface area contributed by atoms with Crippen LogP contribution in [0.4, 0.5) is 8.78 Å². The van der Waals surface area contributed by atoms with Crippen molar-refractivity contribution in [3.63, 3.8) is 0 Å². The van der Waals surface area contributed by atoms with Gasteiger partial charge in [-0.05, 0) is 66.5 Å². The molecule has 260 valence electrons. The summed E-state index contributed by atoms with van der Waals surface area (Å²) in [6.45, 7) is 3.72. The van der Waals surface area contributed by atoms with E-state index in [4.69, 9.17) is 9.72 Å². The van der Waals surface area contributed by atoms with E-state index in [9.17, 15) is 23.6 Å². The number of benzene rings is 3. The first-order valence-electron chi connectivity index (χ1n) is 16.3. The third-order valence-electron chi connectivity index (χ3n) is 9.33. The highest BCUT2D eigenvalue weighted by Crippen LogP contribution is 2.41. The number of halogens is 2. The van der Waals surface area contributed by atoms with E-state index in [1.165, 1.54) is 28.9 Å². The lowest BCUT2D eigenvalue weighted by molar-refractivity contribution is -0.136. The zero-order valence-corrected chi connectivity index (χ0v) is 28.8. The van der Waals surface area contributed by atoms with Gasteiger partial charge in [0.05, 0.1) is 23.1 Å². The second-order valence-electron chi connectivity index (χ2n) is 13.7. The van der Waals surface area contributed by atoms with Gasteiger partial charge in [0.2, 0.25) is 0 Å². The summed E-state index contributed by atoms with van der Waals surface area (Å²) in [4.78, 5) is 19.0. The highest BCUT2D eigenvalue weighted by molar-refractivity contribution is 7.91. The quantitative estimate of drug-likeness (QED) is 0.203. The number of aryl methyl sites for hydroxylation is 3. The largest absolute Gasteiger partial charge is 0.481 e. The summed E-state index contributed by atoms with van der Waals surface area (Å²) in [6.07, 6.45) is 2.83. The van der Waals surface area contributed by atoms with Gasteiger partial charge in [-0.2, -0.15) is 10.4 Å². The average molecular weight is 702 g/mol. The highest BCUT2D eigenvalue weighted by Gasteiger charge is 2.40. The standard InChI is InChI=1S/C37H37F2N5O5S/c1-36(2)14-5-15-37(21-40,24-7-4-6-23(18-24)8-11-32(45)46)35-42-34(44(3)43-35)28-19-25(9-10-29(28)38)49-33-27(13-17-50(47,48)22-36)26-12-16-41-31(26)20-30(33)39/h4,6-7,9-10,12,16,18-20,41H,5,8,11,13-15,17,22H2,1-3H3,(H,45,46). The fourth-order valence-corrected chi connectivity index (χ4v) is 8.86. The molecular formula is C37H37F2N5O5S. The van der Waals surface area contributed by atoms with Crippen molar-refractivity contribution in [1.29, 1.82) is 5.26 Å². The van der Waals surface area contributed by atoms with Crippen LogP contribution in [-0.2, 0) is 39.9 Å². The maximum atomic E-state index is 15.7. The molecule has 5 aromatic rings. The number of rotatable bonds is 4. The minimum atomic E-state index is -3.66. The number of ether oxygens (including phenoxy) is 1.